The third-order valence-corrected chi connectivity index (χ3v) is 3.51. The van der Waals surface area contributed by atoms with Gasteiger partial charge in [-0.25, -0.2) is 0 Å². The van der Waals surface area contributed by atoms with Crippen LogP contribution < -0.4 is 0 Å². The van der Waals surface area contributed by atoms with Crippen LogP contribution in [-0.4, -0.2) is 5.78 Å². The lowest BCUT2D eigenvalue weighted by Gasteiger charge is -2.05. The van der Waals surface area contributed by atoms with Crippen molar-refractivity contribution in [3.05, 3.63) is 71.0 Å². The van der Waals surface area contributed by atoms with E-state index in [-0.39, 0.29) is 17.1 Å². The molecule has 5 heteroatoms. The van der Waals surface area contributed by atoms with Gasteiger partial charge in [0, 0.05) is 16.5 Å². The van der Waals surface area contributed by atoms with E-state index in [1.165, 1.54) is 6.07 Å². The van der Waals surface area contributed by atoms with Gasteiger partial charge >= 0.3 is 6.18 Å². The first-order valence-electron chi connectivity index (χ1n) is 6.58. The van der Waals surface area contributed by atoms with Crippen LogP contribution in [-0.2, 0) is 6.18 Å². The third-order valence-electron chi connectivity index (χ3n) is 3.51. The second kappa shape index (κ2) is 5.02. The Morgan fingerprint density at radius 2 is 1.73 bits per heavy atom. The van der Waals surface area contributed by atoms with Crippen LogP contribution in [0.5, 0.6) is 0 Å². The summed E-state index contributed by atoms with van der Waals surface area (Å²) in [5.41, 5.74) is 0.350. The van der Waals surface area contributed by atoms with Gasteiger partial charge in [0.1, 0.15) is 5.58 Å². The Hall–Kier alpha value is -2.56. The normalized spacial score (nSPS) is 11.8. The quantitative estimate of drug-likeness (QED) is 0.624. The molecule has 2 nitrogen and oxygen atoms in total. The maximum Gasteiger partial charge on any atom is 0.416 e. The summed E-state index contributed by atoms with van der Waals surface area (Å²) < 4.78 is 43.8. The third kappa shape index (κ3) is 2.39. The zero-order valence-electron chi connectivity index (χ0n) is 11.6. The number of carbonyl (C=O) groups excluding carboxylic acids is 1. The average molecular weight is 304 g/mol. The van der Waals surface area contributed by atoms with Crippen LogP contribution in [0.25, 0.3) is 11.0 Å². The molecule has 0 unspecified atom stereocenters. The van der Waals surface area contributed by atoms with Crippen molar-refractivity contribution >= 4 is 16.8 Å². The van der Waals surface area contributed by atoms with Gasteiger partial charge in [-0.15, -0.1) is 0 Å². The molecule has 0 radical (unpaired) electrons. The van der Waals surface area contributed by atoms with Crippen LogP contribution in [0.3, 0.4) is 0 Å². The first kappa shape index (κ1) is 14.4. The van der Waals surface area contributed by atoms with Crippen molar-refractivity contribution in [3.63, 3.8) is 0 Å². The van der Waals surface area contributed by atoms with Crippen molar-refractivity contribution in [3.8, 4) is 0 Å². The van der Waals surface area contributed by atoms with E-state index in [2.05, 4.69) is 0 Å². The second-order valence-corrected chi connectivity index (χ2v) is 4.96. The molecular formula is C17H11F3O2. The van der Waals surface area contributed by atoms with Gasteiger partial charge in [0.15, 0.2) is 5.76 Å². The number of aryl methyl sites for hydroxylation is 1. The summed E-state index contributed by atoms with van der Waals surface area (Å²) in [6.45, 7) is 1.59. The molecule has 0 fully saturated rings. The Morgan fingerprint density at radius 3 is 2.36 bits per heavy atom. The van der Waals surface area contributed by atoms with Crippen LogP contribution in [0.1, 0.15) is 27.2 Å². The number of hydrogen-bond donors (Lipinski definition) is 0. The summed E-state index contributed by atoms with van der Waals surface area (Å²) in [5, 5.41) is 0.300. The van der Waals surface area contributed by atoms with Gasteiger partial charge in [0.25, 0.3) is 0 Å². The van der Waals surface area contributed by atoms with Gasteiger partial charge in [0.05, 0.1) is 5.56 Å². The minimum atomic E-state index is -4.43. The molecule has 0 amide bonds. The Morgan fingerprint density at radius 1 is 1.05 bits per heavy atom. The second-order valence-electron chi connectivity index (χ2n) is 4.96. The van der Waals surface area contributed by atoms with Gasteiger partial charge in [-0.05, 0) is 25.1 Å². The summed E-state index contributed by atoms with van der Waals surface area (Å²) >= 11 is 0. The predicted molar refractivity (Wildman–Crippen MR) is 75.8 cm³/mol. The number of carbonyl (C=O) groups is 1. The van der Waals surface area contributed by atoms with Gasteiger partial charge < -0.3 is 4.42 Å². The van der Waals surface area contributed by atoms with E-state index in [0.29, 0.717) is 16.5 Å². The van der Waals surface area contributed by atoms with E-state index in [0.717, 1.165) is 12.1 Å². The molecule has 0 bridgehead atoms. The van der Waals surface area contributed by atoms with Crippen molar-refractivity contribution in [2.24, 2.45) is 0 Å². The van der Waals surface area contributed by atoms with Crippen LogP contribution in [0.15, 0.2) is 52.9 Å². The maximum atomic E-state index is 12.8. The highest BCUT2D eigenvalue weighted by molar-refractivity contribution is 6.10. The van der Waals surface area contributed by atoms with Crippen LogP contribution >= 0.6 is 0 Å². The van der Waals surface area contributed by atoms with E-state index < -0.39 is 11.7 Å². The molecular weight excluding hydrogens is 293 g/mol. The minimum absolute atomic E-state index is 0.0699. The number of rotatable bonds is 2. The fraction of sp³-hybridized carbons (Fsp3) is 0.118. The van der Waals surface area contributed by atoms with E-state index >= 15 is 0 Å². The van der Waals surface area contributed by atoms with Gasteiger partial charge in [-0.3, -0.25) is 4.79 Å². The van der Waals surface area contributed by atoms with Crippen LogP contribution in [0.2, 0.25) is 0 Å². The van der Waals surface area contributed by atoms with E-state index in [1.54, 1.807) is 37.3 Å². The molecule has 0 atom stereocenters. The molecule has 0 saturated heterocycles. The van der Waals surface area contributed by atoms with Crippen molar-refractivity contribution in [1.29, 1.82) is 0 Å². The summed E-state index contributed by atoms with van der Waals surface area (Å²) in [5.74, 6) is -0.275. The van der Waals surface area contributed by atoms with E-state index in [9.17, 15) is 18.0 Å². The Bertz CT molecular complexity index is 845. The fourth-order valence-corrected chi connectivity index (χ4v) is 2.33. The molecule has 0 spiro atoms. The highest BCUT2D eigenvalue weighted by atomic mass is 19.4. The number of benzene rings is 2. The molecule has 0 aliphatic carbocycles. The van der Waals surface area contributed by atoms with Crippen molar-refractivity contribution < 1.29 is 22.4 Å². The number of halogens is 3. The first-order chi connectivity index (χ1) is 10.4. The highest BCUT2D eigenvalue weighted by Gasteiger charge is 2.31. The number of ketones is 1. The smallest absolute Gasteiger partial charge is 0.416 e. The molecule has 0 N–H and O–H groups in total. The molecule has 0 saturated carbocycles. The fourth-order valence-electron chi connectivity index (χ4n) is 2.33. The summed E-state index contributed by atoms with van der Waals surface area (Å²) in [7, 11) is 0. The topological polar surface area (TPSA) is 30.2 Å². The number of hydrogen-bond acceptors (Lipinski definition) is 2. The van der Waals surface area contributed by atoms with Gasteiger partial charge in [-0.2, -0.15) is 13.2 Å². The molecule has 112 valence electrons. The van der Waals surface area contributed by atoms with Gasteiger partial charge in [-0.1, -0.05) is 30.3 Å². The number of fused-ring (bicyclic) bond motifs is 1. The Balaban J connectivity index is 2.13. The van der Waals surface area contributed by atoms with Crippen molar-refractivity contribution in [1.82, 2.24) is 0 Å². The Kier molecular flexibility index (Phi) is 3.28. The SMILES string of the molecule is Cc1c(C(=O)c2ccccc2)oc2ccc(C(F)(F)F)cc12. The molecule has 3 rings (SSSR count). The largest absolute Gasteiger partial charge is 0.452 e. The lowest BCUT2D eigenvalue weighted by Crippen LogP contribution is -2.04. The number of alkyl halides is 3. The zero-order valence-corrected chi connectivity index (χ0v) is 11.6. The number of furan rings is 1. The van der Waals surface area contributed by atoms with Crippen molar-refractivity contribution in [2.45, 2.75) is 13.1 Å². The first-order valence-corrected chi connectivity index (χ1v) is 6.58. The van der Waals surface area contributed by atoms with Crippen LogP contribution in [0.4, 0.5) is 13.2 Å². The van der Waals surface area contributed by atoms with E-state index in [4.69, 9.17) is 4.42 Å². The average Bonchev–Trinajstić information content (AvgIpc) is 2.83. The summed E-state index contributed by atoms with van der Waals surface area (Å²) in [6.07, 6.45) is -4.43. The van der Waals surface area contributed by atoms with Crippen molar-refractivity contribution in [2.75, 3.05) is 0 Å². The molecule has 22 heavy (non-hydrogen) atoms. The van der Waals surface area contributed by atoms with Crippen LogP contribution in [0, 0.1) is 6.92 Å². The lowest BCUT2D eigenvalue weighted by molar-refractivity contribution is -0.137. The van der Waals surface area contributed by atoms with Gasteiger partial charge in [0.2, 0.25) is 5.78 Å². The molecule has 0 aliphatic rings. The molecule has 1 heterocycles. The maximum absolute atomic E-state index is 12.8. The zero-order chi connectivity index (χ0) is 15.9. The van der Waals surface area contributed by atoms with E-state index in [1.807, 2.05) is 0 Å². The molecule has 1 aromatic heterocycles. The monoisotopic (exact) mass is 304 g/mol. The lowest BCUT2D eigenvalue weighted by atomic mass is 10.0. The highest BCUT2D eigenvalue weighted by Crippen LogP contribution is 2.34. The molecule has 0 aliphatic heterocycles. The predicted octanol–water partition coefficient (Wildman–Crippen LogP) is 4.99. The summed E-state index contributed by atoms with van der Waals surface area (Å²) in [4.78, 5) is 12.4. The molecule has 2 aromatic carbocycles. The Labute approximate surface area is 124 Å². The molecule has 3 aromatic rings. The summed E-state index contributed by atoms with van der Waals surface area (Å²) in [6, 6.07) is 11.7. The minimum Gasteiger partial charge on any atom is -0.452 e. The standard InChI is InChI=1S/C17H11F3O2/c1-10-13-9-12(17(18,19)20)7-8-14(13)22-16(10)15(21)11-5-3-2-4-6-11/h2-9H,1H3.